The van der Waals surface area contributed by atoms with Crippen molar-refractivity contribution in [1.29, 1.82) is 0 Å². The van der Waals surface area contributed by atoms with Gasteiger partial charge in [0.05, 0.1) is 11.8 Å². The third kappa shape index (κ3) is 7.90. The van der Waals surface area contributed by atoms with Crippen LogP contribution in [0, 0.1) is 0 Å². The van der Waals surface area contributed by atoms with Crippen LogP contribution in [0.4, 0.5) is 0 Å². The molecule has 2 aromatic rings. The van der Waals surface area contributed by atoms with Crippen LogP contribution in [0.5, 0.6) is 0 Å². The average Bonchev–Trinajstić information content (AvgIpc) is 3.28. The molecule has 32 heavy (non-hydrogen) atoms. The second-order valence-corrected chi connectivity index (χ2v) is 7.68. The van der Waals surface area contributed by atoms with E-state index in [1.807, 2.05) is 23.6 Å². The number of nitrogens with two attached hydrogens (primary N) is 2. The average molecular weight is 446 g/mol. The lowest BCUT2D eigenvalue weighted by molar-refractivity contribution is -0.133. The lowest BCUT2D eigenvalue weighted by Crippen LogP contribution is -2.32. The molecule has 0 radical (unpaired) electrons. The minimum atomic E-state index is -1.22. The SMILES string of the molecule is CCC(Cc1cc(-c2ccccc2)n[nH]1)OC.NN/C(C(=O)O)=C(\N)OC1CCCCC1. The van der Waals surface area contributed by atoms with Crippen molar-refractivity contribution in [2.24, 2.45) is 11.6 Å². The van der Waals surface area contributed by atoms with Gasteiger partial charge in [0, 0.05) is 24.8 Å². The molecule has 9 heteroatoms. The third-order valence-corrected chi connectivity index (χ3v) is 5.39. The van der Waals surface area contributed by atoms with Crippen molar-refractivity contribution < 1.29 is 19.4 Å². The minimum Gasteiger partial charge on any atom is -0.476 e. The van der Waals surface area contributed by atoms with Gasteiger partial charge in [-0.25, -0.2) is 4.79 Å². The Bertz CT molecular complexity index is 843. The van der Waals surface area contributed by atoms with Crippen LogP contribution in [-0.4, -0.2) is 40.6 Å². The minimum absolute atomic E-state index is 0.0152. The Morgan fingerprint density at radius 2 is 1.97 bits per heavy atom. The summed E-state index contributed by atoms with van der Waals surface area (Å²) < 4.78 is 10.7. The van der Waals surface area contributed by atoms with E-state index in [-0.39, 0.29) is 23.8 Å². The van der Waals surface area contributed by atoms with Crippen molar-refractivity contribution in [3.8, 4) is 11.3 Å². The highest BCUT2D eigenvalue weighted by atomic mass is 16.5. The second-order valence-electron chi connectivity index (χ2n) is 7.68. The Balaban J connectivity index is 0.000000229. The number of hydrogen-bond donors (Lipinski definition) is 5. The maximum atomic E-state index is 10.7. The van der Waals surface area contributed by atoms with Crippen molar-refractivity contribution in [2.75, 3.05) is 7.11 Å². The van der Waals surface area contributed by atoms with Gasteiger partial charge in [0.25, 0.3) is 0 Å². The fourth-order valence-electron chi connectivity index (χ4n) is 3.52. The topological polar surface area (TPSA) is 149 Å². The lowest BCUT2D eigenvalue weighted by atomic mass is 9.98. The van der Waals surface area contributed by atoms with E-state index >= 15 is 0 Å². The molecule has 0 spiro atoms. The van der Waals surface area contributed by atoms with Gasteiger partial charge in [0.1, 0.15) is 6.10 Å². The van der Waals surface area contributed by atoms with E-state index in [0.717, 1.165) is 55.5 Å². The number of benzene rings is 1. The molecule has 1 fully saturated rings. The first-order valence-electron chi connectivity index (χ1n) is 11.0. The first kappa shape index (κ1) is 25.2. The van der Waals surface area contributed by atoms with Gasteiger partial charge in [-0.05, 0) is 38.2 Å². The summed E-state index contributed by atoms with van der Waals surface area (Å²) in [6.07, 6.45) is 7.39. The van der Waals surface area contributed by atoms with Gasteiger partial charge in [-0.2, -0.15) is 5.10 Å². The van der Waals surface area contributed by atoms with Gasteiger partial charge < -0.3 is 25.7 Å². The molecule has 1 aromatic heterocycles. The summed E-state index contributed by atoms with van der Waals surface area (Å²) in [7, 11) is 1.75. The van der Waals surface area contributed by atoms with Crippen LogP contribution in [0.2, 0.25) is 0 Å². The number of H-pyrrole nitrogens is 1. The van der Waals surface area contributed by atoms with Gasteiger partial charge in [-0.15, -0.1) is 0 Å². The highest BCUT2D eigenvalue weighted by molar-refractivity contribution is 5.86. The highest BCUT2D eigenvalue weighted by Gasteiger charge is 2.19. The van der Waals surface area contributed by atoms with E-state index in [1.54, 1.807) is 7.11 Å². The Hall–Kier alpha value is -3.04. The number of carbonyl (C=O) groups is 1. The molecule has 1 aromatic carbocycles. The predicted octanol–water partition coefficient (Wildman–Crippen LogP) is 3.06. The number of carboxylic acid groups (broad SMARTS) is 1. The van der Waals surface area contributed by atoms with E-state index in [9.17, 15) is 4.79 Å². The molecule has 1 heterocycles. The molecule has 1 aliphatic rings. The van der Waals surface area contributed by atoms with Gasteiger partial charge in [-0.1, -0.05) is 43.7 Å². The highest BCUT2D eigenvalue weighted by Crippen LogP contribution is 2.22. The zero-order chi connectivity index (χ0) is 23.3. The number of aromatic nitrogens is 2. The fraction of sp³-hybridized carbons (Fsp3) is 0.478. The quantitative estimate of drug-likeness (QED) is 0.171. The molecular weight excluding hydrogens is 410 g/mol. The number of aromatic amines is 1. The normalized spacial score (nSPS) is 15.7. The van der Waals surface area contributed by atoms with E-state index in [2.05, 4.69) is 35.3 Å². The summed E-state index contributed by atoms with van der Waals surface area (Å²) in [5.74, 6) is 3.67. The standard InChI is InChI=1S/C14H18N2O.C9H17N3O3/c1-3-13(17-2)9-12-10-14(16-15-12)11-7-5-4-6-8-11;10-8(7(12-11)9(13)14)15-6-4-2-1-3-5-6/h4-8,10,13H,3,9H2,1-2H3,(H,15,16);6,12H,1-5,10-11H2,(H,13,14)/b;8-7+. The van der Waals surface area contributed by atoms with Crippen LogP contribution in [0.25, 0.3) is 11.3 Å². The van der Waals surface area contributed by atoms with E-state index in [1.165, 1.54) is 6.42 Å². The number of ether oxygens (including phenoxy) is 2. The molecule has 7 N–H and O–H groups in total. The van der Waals surface area contributed by atoms with Crippen molar-refractivity contribution in [1.82, 2.24) is 15.6 Å². The summed E-state index contributed by atoms with van der Waals surface area (Å²) in [4.78, 5) is 10.7. The molecule has 1 aliphatic carbocycles. The van der Waals surface area contributed by atoms with E-state index < -0.39 is 5.97 Å². The smallest absolute Gasteiger partial charge is 0.358 e. The molecule has 1 saturated carbocycles. The summed E-state index contributed by atoms with van der Waals surface area (Å²) in [6.45, 7) is 2.13. The maximum Gasteiger partial charge on any atom is 0.358 e. The molecule has 3 rings (SSSR count). The largest absolute Gasteiger partial charge is 0.476 e. The zero-order valence-corrected chi connectivity index (χ0v) is 18.8. The maximum absolute atomic E-state index is 10.7. The molecule has 0 aliphatic heterocycles. The van der Waals surface area contributed by atoms with Crippen molar-refractivity contribution in [2.45, 2.75) is 64.1 Å². The molecule has 1 atom stereocenters. The monoisotopic (exact) mass is 445 g/mol. The number of carboxylic acids is 1. The first-order chi connectivity index (χ1) is 15.5. The molecule has 1 unspecified atom stereocenters. The van der Waals surface area contributed by atoms with Gasteiger partial charge in [0.2, 0.25) is 5.88 Å². The van der Waals surface area contributed by atoms with Gasteiger partial charge >= 0.3 is 5.97 Å². The Labute approximate surface area is 189 Å². The van der Waals surface area contributed by atoms with Crippen LogP contribution in [0.3, 0.4) is 0 Å². The fourth-order valence-corrected chi connectivity index (χ4v) is 3.52. The van der Waals surface area contributed by atoms with Crippen molar-refractivity contribution >= 4 is 5.97 Å². The number of nitrogens with one attached hydrogen (secondary N) is 2. The second kappa shape index (κ2) is 13.4. The Kier molecular flexibility index (Phi) is 10.6. The predicted molar refractivity (Wildman–Crippen MR) is 123 cm³/mol. The van der Waals surface area contributed by atoms with Crippen LogP contribution in [0.1, 0.15) is 51.1 Å². The molecule has 0 bridgehead atoms. The number of nitrogens with zero attached hydrogens (tertiary/aromatic N) is 1. The molecule has 9 nitrogen and oxygen atoms in total. The summed E-state index contributed by atoms with van der Waals surface area (Å²) in [6, 6.07) is 12.3. The number of hydrazine groups is 1. The van der Waals surface area contributed by atoms with Gasteiger partial charge in [-0.3, -0.25) is 10.9 Å². The Morgan fingerprint density at radius 1 is 1.28 bits per heavy atom. The summed E-state index contributed by atoms with van der Waals surface area (Å²) in [5, 5.41) is 16.1. The summed E-state index contributed by atoms with van der Waals surface area (Å²) in [5.41, 5.74) is 10.5. The van der Waals surface area contributed by atoms with Crippen LogP contribution < -0.4 is 17.0 Å². The van der Waals surface area contributed by atoms with Crippen molar-refractivity contribution in [3.63, 3.8) is 0 Å². The number of rotatable bonds is 9. The zero-order valence-electron chi connectivity index (χ0n) is 18.8. The lowest BCUT2D eigenvalue weighted by Gasteiger charge is -2.23. The summed E-state index contributed by atoms with van der Waals surface area (Å²) >= 11 is 0. The number of aliphatic carboxylic acids is 1. The van der Waals surface area contributed by atoms with E-state index in [0.29, 0.717) is 0 Å². The molecular formula is C23H35N5O4. The first-order valence-corrected chi connectivity index (χ1v) is 11.0. The van der Waals surface area contributed by atoms with E-state index in [4.69, 9.17) is 26.2 Å². The molecule has 0 saturated heterocycles. The third-order valence-electron chi connectivity index (χ3n) is 5.39. The van der Waals surface area contributed by atoms with Crippen LogP contribution in [-0.2, 0) is 20.7 Å². The number of hydrogen-bond acceptors (Lipinski definition) is 7. The molecule has 176 valence electrons. The number of methoxy groups -OCH3 is 1. The van der Waals surface area contributed by atoms with Crippen LogP contribution >= 0.6 is 0 Å². The molecule has 0 amide bonds. The van der Waals surface area contributed by atoms with Gasteiger partial charge in [0.15, 0.2) is 5.70 Å². The van der Waals surface area contributed by atoms with Crippen LogP contribution in [0.15, 0.2) is 48.0 Å². The Morgan fingerprint density at radius 3 is 2.53 bits per heavy atom. The van der Waals surface area contributed by atoms with Crippen molar-refractivity contribution in [3.05, 3.63) is 53.7 Å².